The lowest BCUT2D eigenvalue weighted by atomic mass is 9.94. The Morgan fingerprint density at radius 1 is 1.29 bits per heavy atom. The van der Waals surface area contributed by atoms with Gasteiger partial charge in [-0.2, -0.15) is 4.31 Å². The van der Waals surface area contributed by atoms with Gasteiger partial charge >= 0.3 is 0 Å². The molecule has 1 N–H and O–H groups in total. The molecule has 1 aliphatic rings. The van der Waals surface area contributed by atoms with Crippen LogP contribution in [-0.4, -0.2) is 46.4 Å². The largest absolute Gasteiger partial charge is 0.339 e. The molecular weight excluding hydrogens is 462 g/mol. The summed E-state index contributed by atoms with van der Waals surface area (Å²) in [4.78, 5) is 8.47. The van der Waals surface area contributed by atoms with E-state index in [1.54, 1.807) is 29.1 Å². The van der Waals surface area contributed by atoms with Crippen molar-refractivity contribution in [3.8, 4) is 0 Å². The van der Waals surface area contributed by atoms with E-state index in [1.165, 1.54) is 10.6 Å². The van der Waals surface area contributed by atoms with E-state index in [-0.39, 0.29) is 17.0 Å². The molecule has 0 aliphatic carbocycles. The van der Waals surface area contributed by atoms with E-state index in [9.17, 15) is 8.42 Å². The van der Waals surface area contributed by atoms with E-state index in [0.717, 1.165) is 15.2 Å². The Bertz CT molecular complexity index is 1050. The number of imidazole rings is 1. The van der Waals surface area contributed by atoms with Crippen molar-refractivity contribution in [1.29, 1.82) is 0 Å². The Kier molecular flexibility index (Phi) is 5.66. The monoisotopic (exact) mass is 481 g/mol. The SMILES string of the molecule is Cn1cnc(S(=O)(=O)N2CC(NCc3nc(Br)cs3)C(c3ccccc3)C2)c1. The molecule has 0 bridgehead atoms. The van der Waals surface area contributed by atoms with Crippen LogP contribution < -0.4 is 5.32 Å². The van der Waals surface area contributed by atoms with E-state index in [0.29, 0.717) is 19.6 Å². The summed E-state index contributed by atoms with van der Waals surface area (Å²) in [6, 6.07) is 10.0. The Hall–Kier alpha value is -1.59. The Morgan fingerprint density at radius 2 is 2.07 bits per heavy atom. The van der Waals surface area contributed by atoms with E-state index in [1.807, 2.05) is 23.6 Å². The number of hydrogen-bond donors (Lipinski definition) is 1. The van der Waals surface area contributed by atoms with Crippen LogP contribution >= 0.6 is 27.3 Å². The van der Waals surface area contributed by atoms with Gasteiger partial charge in [-0.15, -0.1) is 11.3 Å². The zero-order chi connectivity index (χ0) is 19.7. The zero-order valence-electron chi connectivity index (χ0n) is 15.2. The number of sulfonamides is 1. The molecule has 2 aromatic heterocycles. The van der Waals surface area contributed by atoms with Crippen molar-refractivity contribution in [2.45, 2.75) is 23.5 Å². The molecular formula is C18H20BrN5O2S2. The minimum absolute atomic E-state index is 0.0106. The van der Waals surface area contributed by atoms with Crippen LogP contribution in [0.3, 0.4) is 0 Å². The number of thiazole rings is 1. The summed E-state index contributed by atoms with van der Waals surface area (Å²) >= 11 is 4.94. The first kappa shape index (κ1) is 19.7. The molecule has 0 spiro atoms. The van der Waals surface area contributed by atoms with Crippen LogP contribution in [0, 0.1) is 0 Å². The van der Waals surface area contributed by atoms with Crippen LogP contribution in [0.1, 0.15) is 16.5 Å². The van der Waals surface area contributed by atoms with Crippen molar-refractivity contribution < 1.29 is 8.42 Å². The fraction of sp³-hybridized carbons (Fsp3) is 0.333. The number of aromatic nitrogens is 3. The lowest BCUT2D eigenvalue weighted by Gasteiger charge is -2.19. The Balaban J connectivity index is 1.57. The summed E-state index contributed by atoms with van der Waals surface area (Å²) in [5.74, 6) is 0.0584. The van der Waals surface area contributed by atoms with E-state index in [2.05, 4.69) is 43.3 Å². The van der Waals surface area contributed by atoms with Gasteiger partial charge in [-0.3, -0.25) is 0 Å². The number of hydrogen-bond acceptors (Lipinski definition) is 6. The van der Waals surface area contributed by atoms with Crippen LogP contribution in [-0.2, 0) is 23.6 Å². The maximum Gasteiger partial charge on any atom is 0.262 e. The first-order valence-corrected chi connectivity index (χ1v) is 11.9. The van der Waals surface area contributed by atoms with E-state index < -0.39 is 10.0 Å². The summed E-state index contributed by atoms with van der Waals surface area (Å²) in [6.45, 7) is 1.41. The molecule has 2 unspecified atom stereocenters. The molecule has 148 valence electrons. The molecule has 1 fully saturated rings. The van der Waals surface area contributed by atoms with Crippen molar-refractivity contribution in [3.63, 3.8) is 0 Å². The molecule has 1 aromatic carbocycles. The average molecular weight is 482 g/mol. The molecule has 2 atom stereocenters. The van der Waals surface area contributed by atoms with Crippen LogP contribution in [0.5, 0.6) is 0 Å². The minimum atomic E-state index is -3.63. The number of rotatable bonds is 6. The number of nitrogens with one attached hydrogen (secondary N) is 1. The molecule has 7 nitrogen and oxygen atoms in total. The first-order chi connectivity index (χ1) is 13.4. The lowest BCUT2D eigenvalue weighted by Crippen LogP contribution is -2.36. The van der Waals surface area contributed by atoms with Crippen molar-refractivity contribution in [2.75, 3.05) is 13.1 Å². The average Bonchev–Trinajstić information content (AvgIpc) is 3.40. The van der Waals surface area contributed by atoms with Gasteiger partial charge in [0.05, 0.1) is 6.33 Å². The number of benzene rings is 1. The normalized spacial score (nSPS) is 20.6. The molecule has 4 rings (SSSR count). The summed E-state index contributed by atoms with van der Waals surface area (Å²) in [7, 11) is -1.87. The molecule has 3 aromatic rings. The fourth-order valence-corrected chi connectivity index (χ4v) is 6.12. The smallest absolute Gasteiger partial charge is 0.262 e. The maximum absolute atomic E-state index is 13.1. The highest BCUT2D eigenvalue weighted by molar-refractivity contribution is 9.10. The second-order valence-electron chi connectivity index (χ2n) is 6.77. The fourth-order valence-electron chi connectivity index (χ4n) is 3.45. The number of halogens is 1. The van der Waals surface area contributed by atoms with Gasteiger partial charge in [0.15, 0.2) is 5.03 Å². The minimum Gasteiger partial charge on any atom is -0.339 e. The van der Waals surface area contributed by atoms with Crippen LogP contribution in [0.15, 0.2) is 57.9 Å². The molecule has 1 aliphatic heterocycles. The number of aryl methyl sites for hydroxylation is 1. The molecule has 3 heterocycles. The molecule has 0 saturated carbocycles. The summed E-state index contributed by atoms with van der Waals surface area (Å²) in [5.41, 5.74) is 1.12. The lowest BCUT2D eigenvalue weighted by molar-refractivity contribution is 0.454. The van der Waals surface area contributed by atoms with Gasteiger partial charge in [-0.25, -0.2) is 18.4 Å². The van der Waals surface area contributed by atoms with Crippen molar-refractivity contribution in [3.05, 3.63) is 63.4 Å². The Labute approximate surface area is 176 Å². The van der Waals surface area contributed by atoms with Crippen LogP contribution in [0.4, 0.5) is 0 Å². The van der Waals surface area contributed by atoms with E-state index in [4.69, 9.17) is 0 Å². The topological polar surface area (TPSA) is 80.1 Å². The molecule has 1 saturated heterocycles. The van der Waals surface area contributed by atoms with Gasteiger partial charge in [0.1, 0.15) is 9.61 Å². The molecule has 10 heteroatoms. The summed E-state index contributed by atoms with van der Waals surface area (Å²) in [6.07, 6.45) is 3.05. The second-order valence-corrected chi connectivity index (χ2v) is 10.4. The van der Waals surface area contributed by atoms with Crippen LogP contribution in [0.25, 0.3) is 0 Å². The summed E-state index contributed by atoms with van der Waals surface area (Å²) < 4.78 is 30.1. The first-order valence-electron chi connectivity index (χ1n) is 8.80. The van der Waals surface area contributed by atoms with Gasteiger partial charge in [0.25, 0.3) is 10.0 Å². The van der Waals surface area contributed by atoms with Crippen molar-refractivity contribution in [2.24, 2.45) is 7.05 Å². The van der Waals surface area contributed by atoms with Crippen molar-refractivity contribution in [1.82, 2.24) is 24.2 Å². The zero-order valence-corrected chi connectivity index (χ0v) is 18.4. The molecule has 0 radical (unpaired) electrons. The third-order valence-corrected chi connectivity index (χ3v) is 8.11. The number of nitrogens with zero attached hydrogens (tertiary/aromatic N) is 4. The van der Waals surface area contributed by atoms with Gasteiger partial charge in [0, 0.05) is 50.2 Å². The van der Waals surface area contributed by atoms with E-state index >= 15 is 0 Å². The maximum atomic E-state index is 13.1. The summed E-state index contributed by atoms with van der Waals surface area (Å²) in [5, 5.41) is 6.51. The highest BCUT2D eigenvalue weighted by Gasteiger charge is 2.40. The molecule has 0 amide bonds. The highest BCUT2D eigenvalue weighted by Crippen LogP contribution is 2.31. The van der Waals surface area contributed by atoms with Crippen molar-refractivity contribution >= 4 is 37.3 Å². The third-order valence-electron chi connectivity index (χ3n) is 4.84. The Morgan fingerprint density at radius 3 is 2.71 bits per heavy atom. The quantitative estimate of drug-likeness (QED) is 0.585. The van der Waals surface area contributed by atoms with Gasteiger partial charge in [-0.1, -0.05) is 30.3 Å². The second kappa shape index (κ2) is 8.03. The third kappa shape index (κ3) is 4.06. The van der Waals surface area contributed by atoms with Gasteiger partial charge in [0.2, 0.25) is 0 Å². The van der Waals surface area contributed by atoms with Crippen LogP contribution in [0.2, 0.25) is 0 Å². The van der Waals surface area contributed by atoms with Gasteiger partial charge in [-0.05, 0) is 21.5 Å². The standard InChI is InChI=1S/C18H20BrN5O2S2/c1-23-10-18(21-12-23)28(25,26)24-8-14(13-5-3-2-4-6-13)15(9-24)20-7-17-22-16(19)11-27-17/h2-6,10-12,14-15,20H,7-9H2,1H3. The predicted molar refractivity (Wildman–Crippen MR) is 112 cm³/mol. The highest BCUT2D eigenvalue weighted by atomic mass is 79.9. The van der Waals surface area contributed by atoms with Gasteiger partial charge < -0.3 is 9.88 Å². The molecule has 28 heavy (non-hydrogen) atoms. The predicted octanol–water partition coefficient (Wildman–Crippen LogP) is 2.59.